The number of nitrogens with one attached hydrogen (secondary N) is 3. The van der Waals surface area contributed by atoms with Crippen molar-refractivity contribution in [2.75, 3.05) is 18.4 Å². The zero-order valence-corrected chi connectivity index (χ0v) is 18.4. The molecule has 1 aromatic heterocycles. The number of anilines is 1. The van der Waals surface area contributed by atoms with Crippen LogP contribution in [-0.4, -0.2) is 25.0 Å². The van der Waals surface area contributed by atoms with Crippen LogP contribution >= 0.6 is 24.0 Å². The third-order valence-electron chi connectivity index (χ3n) is 3.75. The Morgan fingerprint density at radius 2 is 1.89 bits per heavy atom. The highest BCUT2D eigenvalue weighted by atomic mass is 127. The first-order valence-corrected chi connectivity index (χ1v) is 9.03. The summed E-state index contributed by atoms with van der Waals surface area (Å²) in [5.41, 5.74) is 1.88. The van der Waals surface area contributed by atoms with Gasteiger partial charge in [-0.25, -0.2) is 4.99 Å². The lowest BCUT2D eigenvalue weighted by atomic mass is 10.2. The van der Waals surface area contributed by atoms with Crippen LogP contribution in [0.5, 0.6) is 0 Å². The van der Waals surface area contributed by atoms with Crippen LogP contribution in [0.3, 0.4) is 0 Å². The van der Waals surface area contributed by atoms with Crippen molar-refractivity contribution >= 4 is 41.5 Å². The Bertz CT molecular complexity index is 697. The number of hydrogen-bond donors (Lipinski definition) is 3. The van der Waals surface area contributed by atoms with E-state index in [9.17, 15) is 4.79 Å². The minimum atomic E-state index is -0.0331. The maximum Gasteiger partial charge on any atom is 0.226 e. The normalized spacial score (nSPS) is 11.0. The van der Waals surface area contributed by atoms with Crippen LogP contribution in [0.4, 0.5) is 5.69 Å². The van der Waals surface area contributed by atoms with Gasteiger partial charge in [-0.3, -0.25) is 4.79 Å². The van der Waals surface area contributed by atoms with Gasteiger partial charge in [0.15, 0.2) is 5.96 Å². The van der Waals surface area contributed by atoms with Gasteiger partial charge >= 0.3 is 0 Å². The highest BCUT2D eigenvalue weighted by molar-refractivity contribution is 14.0. The van der Waals surface area contributed by atoms with E-state index >= 15 is 0 Å². The number of amides is 1. The van der Waals surface area contributed by atoms with Gasteiger partial charge in [0.05, 0.1) is 12.8 Å². The number of carbonyl (C=O) groups excluding carboxylic acids is 1. The molecule has 0 unspecified atom stereocenters. The number of aliphatic imine (C=N–C) groups is 1. The minimum Gasteiger partial charge on any atom is -0.469 e. The molecule has 0 bridgehead atoms. The first-order chi connectivity index (χ1) is 12.6. The zero-order valence-electron chi connectivity index (χ0n) is 16.1. The van der Waals surface area contributed by atoms with E-state index in [1.807, 2.05) is 57.2 Å². The molecule has 1 heterocycles. The smallest absolute Gasteiger partial charge is 0.226 e. The quantitative estimate of drug-likeness (QED) is 0.303. The van der Waals surface area contributed by atoms with Crippen LogP contribution < -0.4 is 16.0 Å². The number of furan rings is 1. The lowest BCUT2D eigenvalue weighted by Gasteiger charge is -2.11. The van der Waals surface area contributed by atoms with Crippen molar-refractivity contribution < 1.29 is 9.21 Å². The molecule has 0 saturated heterocycles. The summed E-state index contributed by atoms with van der Waals surface area (Å²) in [6.45, 7) is 7.90. The van der Waals surface area contributed by atoms with Crippen molar-refractivity contribution in [1.82, 2.24) is 10.6 Å². The number of benzene rings is 1. The van der Waals surface area contributed by atoms with E-state index in [1.54, 1.807) is 6.26 Å². The first kappa shape index (κ1) is 23.0. The monoisotopic (exact) mass is 484 g/mol. The Balaban J connectivity index is 0.00000364. The molecule has 148 valence electrons. The SMILES string of the molecule is CCNC(=NCc1ccc(NC(=O)C(C)C)cc1)NCCc1ccco1.I. The summed E-state index contributed by atoms with van der Waals surface area (Å²) < 4.78 is 5.33. The predicted molar refractivity (Wildman–Crippen MR) is 121 cm³/mol. The second kappa shape index (κ2) is 12.4. The van der Waals surface area contributed by atoms with E-state index in [-0.39, 0.29) is 35.8 Å². The number of guanidine groups is 1. The molecule has 7 heteroatoms. The Kier molecular flexibility index (Phi) is 10.5. The van der Waals surface area contributed by atoms with Crippen molar-refractivity contribution in [3.05, 3.63) is 54.0 Å². The van der Waals surface area contributed by atoms with Gasteiger partial charge in [0.2, 0.25) is 5.91 Å². The fourth-order valence-electron chi connectivity index (χ4n) is 2.25. The summed E-state index contributed by atoms with van der Waals surface area (Å²) in [5, 5.41) is 9.42. The van der Waals surface area contributed by atoms with E-state index in [4.69, 9.17) is 4.42 Å². The van der Waals surface area contributed by atoms with Gasteiger partial charge in [-0.15, -0.1) is 24.0 Å². The maximum atomic E-state index is 11.7. The highest BCUT2D eigenvalue weighted by Gasteiger charge is 2.06. The summed E-state index contributed by atoms with van der Waals surface area (Å²) in [4.78, 5) is 16.3. The average molecular weight is 484 g/mol. The summed E-state index contributed by atoms with van der Waals surface area (Å²) in [6, 6.07) is 11.6. The molecule has 0 spiro atoms. The lowest BCUT2D eigenvalue weighted by Crippen LogP contribution is -2.38. The average Bonchev–Trinajstić information content (AvgIpc) is 3.14. The molecule has 3 N–H and O–H groups in total. The molecule has 0 radical (unpaired) electrons. The predicted octanol–water partition coefficient (Wildman–Crippen LogP) is 3.79. The van der Waals surface area contributed by atoms with E-state index in [2.05, 4.69) is 20.9 Å². The number of halogens is 1. The van der Waals surface area contributed by atoms with Gasteiger partial charge in [-0.05, 0) is 36.8 Å². The van der Waals surface area contributed by atoms with Gasteiger partial charge < -0.3 is 20.4 Å². The van der Waals surface area contributed by atoms with E-state index in [1.165, 1.54) is 0 Å². The molecule has 0 aliphatic heterocycles. The summed E-state index contributed by atoms with van der Waals surface area (Å²) in [5.74, 6) is 1.71. The van der Waals surface area contributed by atoms with Crippen molar-refractivity contribution in [2.24, 2.45) is 10.9 Å². The third-order valence-corrected chi connectivity index (χ3v) is 3.75. The van der Waals surface area contributed by atoms with Crippen LogP contribution in [0.2, 0.25) is 0 Å². The molecular weight excluding hydrogens is 455 g/mol. The molecular formula is C20H29IN4O2. The zero-order chi connectivity index (χ0) is 18.8. The molecule has 6 nitrogen and oxygen atoms in total. The van der Waals surface area contributed by atoms with Gasteiger partial charge in [-0.1, -0.05) is 26.0 Å². The minimum absolute atomic E-state index is 0. The summed E-state index contributed by atoms with van der Waals surface area (Å²) in [7, 11) is 0. The van der Waals surface area contributed by atoms with Crippen LogP contribution in [0, 0.1) is 5.92 Å². The van der Waals surface area contributed by atoms with Crippen LogP contribution in [0.1, 0.15) is 32.1 Å². The van der Waals surface area contributed by atoms with Crippen molar-refractivity contribution in [1.29, 1.82) is 0 Å². The van der Waals surface area contributed by atoms with Crippen molar-refractivity contribution in [3.63, 3.8) is 0 Å². The third kappa shape index (κ3) is 8.47. The standard InChI is InChI=1S/C20H28N4O2.HI/c1-4-21-20(22-12-11-18-6-5-13-26-18)23-14-16-7-9-17(10-8-16)24-19(25)15(2)3;/h5-10,13,15H,4,11-12,14H2,1-3H3,(H,24,25)(H2,21,22,23);1H. The van der Waals surface area contributed by atoms with Crippen LogP contribution in [0.25, 0.3) is 0 Å². The van der Waals surface area contributed by atoms with E-state index in [0.717, 1.165) is 42.5 Å². The van der Waals surface area contributed by atoms with Gasteiger partial charge in [0, 0.05) is 31.1 Å². The van der Waals surface area contributed by atoms with Crippen LogP contribution in [0.15, 0.2) is 52.1 Å². The molecule has 0 atom stereocenters. The van der Waals surface area contributed by atoms with Crippen LogP contribution in [-0.2, 0) is 17.8 Å². The molecule has 2 aromatic rings. The molecule has 1 aromatic carbocycles. The molecule has 0 aliphatic rings. The molecule has 1 amide bonds. The number of carbonyl (C=O) groups is 1. The highest BCUT2D eigenvalue weighted by Crippen LogP contribution is 2.11. The van der Waals surface area contributed by atoms with Gasteiger partial charge in [0.1, 0.15) is 5.76 Å². The lowest BCUT2D eigenvalue weighted by molar-refractivity contribution is -0.118. The summed E-state index contributed by atoms with van der Waals surface area (Å²) >= 11 is 0. The molecule has 0 fully saturated rings. The Labute approximate surface area is 178 Å². The number of rotatable bonds is 8. The second-order valence-electron chi connectivity index (χ2n) is 6.29. The fourth-order valence-corrected chi connectivity index (χ4v) is 2.25. The largest absolute Gasteiger partial charge is 0.469 e. The van der Waals surface area contributed by atoms with E-state index < -0.39 is 0 Å². The maximum absolute atomic E-state index is 11.7. The summed E-state index contributed by atoms with van der Waals surface area (Å²) in [6.07, 6.45) is 2.49. The van der Waals surface area contributed by atoms with Gasteiger partial charge in [0.25, 0.3) is 0 Å². The van der Waals surface area contributed by atoms with E-state index in [0.29, 0.717) is 6.54 Å². The molecule has 2 rings (SSSR count). The van der Waals surface area contributed by atoms with Crippen molar-refractivity contribution in [3.8, 4) is 0 Å². The Hall–Kier alpha value is -2.03. The molecule has 27 heavy (non-hydrogen) atoms. The fraction of sp³-hybridized carbons (Fsp3) is 0.400. The Morgan fingerprint density at radius 1 is 1.15 bits per heavy atom. The van der Waals surface area contributed by atoms with Crippen molar-refractivity contribution in [2.45, 2.75) is 33.7 Å². The first-order valence-electron chi connectivity index (χ1n) is 9.03. The number of nitrogens with zero attached hydrogens (tertiary/aromatic N) is 1. The molecule has 0 aliphatic carbocycles. The topological polar surface area (TPSA) is 78.7 Å². The van der Waals surface area contributed by atoms with Gasteiger partial charge in [-0.2, -0.15) is 0 Å². The number of hydrogen-bond acceptors (Lipinski definition) is 3. The Morgan fingerprint density at radius 3 is 2.48 bits per heavy atom. The second-order valence-corrected chi connectivity index (χ2v) is 6.29. The molecule has 0 saturated carbocycles.